The maximum atomic E-state index is 12.1. The Bertz CT molecular complexity index is 502. The Labute approximate surface area is 116 Å². The van der Waals surface area contributed by atoms with Crippen molar-refractivity contribution >= 4 is 11.9 Å². The maximum absolute atomic E-state index is 12.1. The molecular weight excluding hydrogens is 262 g/mol. The highest BCUT2D eigenvalue weighted by Crippen LogP contribution is 2.13. The highest BCUT2D eigenvalue weighted by atomic mass is 16.5. The lowest BCUT2D eigenvalue weighted by atomic mass is 10.2. The van der Waals surface area contributed by atoms with Gasteiger partial charge in [-0.2, -0.15) is 0 Å². The van der Waals surface area contributed by atoms with Gasteiger partial charge < -0.3 is 19.5 Å². The number of aryl methyl sites for hydroxylation is 1. The topological polar surface area (TPSA) is 76.1 Å². The Morgan fingerprint density at radius 3 is 3.00 bits per heavy atom. The summed E-state index contributed by atoms with van der Waals surface area (Å²) in [5.41, 5.74) is 1.03. The summed E-state index contributed by atoms with van der Waals surface area (Å²) in [7, 11) is 0. The Balaban J connectivity index is 1.95. The lowest BCUT2D eigenvalue weighted by Gasteiger charge is -2.32. The molecular formula is C14H17NO5. The molecule has 1 N–H and O–H groups in total. The molecule has 1 fully saturated rings. The van der Waals surface area contributed by atoms with Gasteiger partial charge in [0.15, 0.2) is 12.6 Å². The first kappa shape index (κ1) is 14.3. The summed E-state index contributed by atoms with van der Waals surface area (Å²) in [6.07, 6.45) is 0. The van der Waals surface area contributed by atoms with E-state index >= 15 is 0 Å². The van der Waals surface area contributed by atoms with E-state index in [2.05, 4.69) is 0 Å². The Kier molecular flexibility index (Phi) is 4.57. The molecule has 0 bridgehead atoms. The molecule has 1 atom stereocenters. The van der Waals surface area contributed by atoms with Crippen molar-refractivity contribution < 1.29 is 24.2 Å². The van der Waals surface area contributed by atoms with E-state index in [1.165, 1.54) is 4.90 Å². The normalized spacial score (nSPS) is 18.6. The number of ether oxygens (including phenoxy) is 2. The minimum absolute atomic E-state index is 0.0194. The number of benzene rings is 1. The van der Waals surface area contributed by atoms with Gasteiger partial charge in [0.2, 0.25) is 0 Å². The lowest BCUT2D eigenvalue weighted by Crippen LogP contribution is -2.53. The van der Waals surface area contributed by atoms with Crippen LogP contribution in [0.3, 0.4) is 0 Å². The third-order valence-corrected chi connectivity index (χ3v) is 3.09. The van der Waals surface area contributed by atoms with Crippen LogP contribution in [-0.4, -0.2) is 54.3 Å². The van der Waals surface area contributed by atoms with Crippen LogP contribution in [0.15, 0.2) is 24.3 Å². The molecule has 1 aromatic rings. The maximum Gasteiger partial charge on any atom is 0.328 e. The van der Waals surface area contributed by atoms with E-state index in [9.17, 15) is 9.59 Å². The zero-order valence-electron chi connectivity index (χ0n) is 11.2. The second-order valence-corrected chi connectivity index (χ2v) is 4.62. The number of hydrogen-bond acceptors (Lipinski definition) is 4. The minimum atomic E-state index is -1.06. The quantitative estimate of drug-likeness (QED) is 0.877. The molecule has 1 aliphatic heterocycles. The van der Waals surface area contributed by atoms with Crippen LogP contribution in [0.5, 0.6) is 5.75 Å². The van der Waals surface area contributed by atoms with Gasteiger partial charge in [-0.1, -0.05) is 12.1 Å². The number of carbonyl (C=O) groups excluding carboxylic acids is 1. The first-order valence-electron chi connectivity index (χ1n) is 6.37. The molecule has 1 aromatic carbocycles. The molecule has 0 saturated carbocycles. The molecule has 1 aliphatic rings. The molecule has 1 saturated heterocycles. The fourth-order valence-corrected chi connectivity index (χ4v) is 2.04. The summed E-state index contributed by atoms with van der Waals surface area (Å²) in [6, 6.07) is 6.41. The van der Waals surface area contributed by atoms with Gasteiger partial charge in [0, 0.05) is 6.54 Å². The predicted molar refractivity (Wildman–Crippen MR) is 70.6 cm³/mol. The largest absolute Gasteiger partial charge is 0.484 e. The summed E-state index contributed by atoms with van der Waals surface area (Å²) >= 11 is 0. The summed E-state index contributed by atoms with van der Waals surface area (Å²) < 4.78 is 10.5. The van der Waals surface area contributed by atoms with Crippen LogP contribution in [0.2, 0.25) is 0 Å². The van der Waals surface area contributed by atoms with Crippen molar-refractivity contribution in [2.45, 2.75) is 13.0 Å². The van der Waals surface area contributed by atoms with Crippen LogP contribution in [0.25, 0.3) is 0 Å². The first-order valence-corrected chi connectivity index (χ1v) is 6.37. The smallest absolute Gasteiger partial charge is 0.328 e. The van der Waals surface area contributed by atoms with Crippen molar-refractivity contribution in [2.75, 3.05) is 26.4 Å². The molecule has 2 rings (SSSR count). The fourth-order valence-electron chi connectivity index (χ4n) is 2.04. The van der Waals surface area contributed by atoms with E-state index in [1.807, 2.05) is 25.1 Å². The van der Waals surface area contributed by atoms with E-state index in [0.29, 0.717) is 12.4 Å². The van der Waals surface area contributed by atoms with E-state index in [-0.39, 0.29) is 25.7 Å². The molecule has 1 heterocycles. The monoisotopic (exact) mass is 279 g/mol. The Morgan fingerprint density at radius 1 is 1.50 bits per heavy atom. The third-order valence-electron chi connectivity index (χ3n) is 3.09. The molecule has 6 heteroatoms. The van der Waals surface area contributed by atoms with Crippen LogP contribution in [0, 0.1) is 6.92 Å². The van der Waals surface area contributed by atoms with Crippen molar-refractivity contribution in [2.24, 2.45) is 0 Å². The molecule has 1 unspecified atom stereocenters. The fraction of sp³-hybridized carbons (Fsp3) is 0.429. The molecule has 1 amide bonds. The van der Waals surface area contributed by atoms with Crippen LogP contribution < -0.4 is 4.74 Å². The van der Waals surface area contributed by atoms with Crippen molar-refractivity contribution in [1.29, 1.82) is 0 Å². The second-order valence-electron chi connectivity index (χ2n) is 4.62. The average molecular weight is 279 g/mol. The van der Waals surface area contributed by atoms with E-state index in [1.54, 1.807) is 6.07 Å². The second kappa shape index (κ2) is 6.38. The van der Waals surface area contributed by atoms with Crippen LogP contribution in [-0.2, 0) is 14.3 Å². The van der Waals surface area contributed by atoms with Gasteiger partial charge in [-0.05, 0) is 24.6 Å². The van der Waals surface area contributed by atoms with Crippen molar-refractivity contribution in [3.63, 3.8) is 0 Å². The van der Waals surface area contributed by atoms with Crippen LogP contribution in [0.4, 0.5) is 0 Å². The molecule has 108 valence electrons. The van der Waals surface area contributed by atoms with Gasteiger partial charge in [0.1, 0.15) is 5.75 Å². The number of carboxylic acid groups (broad SMARTS) is 1. The standard InChI is InChI=1S/C14H17NO5/c1-10-3-2-4-11(7-10)20-9-13(16)15-5-6-19-8-12(15)14(17)18/h2-4,7,12H,5-6,8-9H2,1H3,(H,17,18). The SMILES string of the molecule is Cc1cccc(OCC(=O)N2CCOCC2C(=O)O)c1. The highest BCUT2D eigenvalue weighted by molar-refractivity contribution is 5.84. The number of carbonyl (C=O) groups is 2. The number of carboxylic acids is 1. The van der Waals surface area contributed by atoms with Gasteiger partial charge in [0.05, 0.1) is 13.2 Å². The highest BCUT2D eigenvalue weighted by Gasteiger charge is 2.32. The van der Waals surface area contributed by atoms with Crippen molar-refractivity contribution in [3.05, 3.63) is 29.8 Å². The van der Waals surface area contributed by atoms with E-state index in [4.69, 9.17) is 14.6 Å². The third kappa shape index (κ3) is 3.48. The number of hydrogen-bond donors (Lipinski definition) is 1. The zero-order valence-corrected chi connectivity index (χ0v) is 11.2. The van der Waals surface area contributed by atoms with Crippen LogP contribution in [0.1, 0.15) is 5.56 Å². The molecule has 0 spiro atoms. The summed E-state index contributed by atoms with van der Waals surface area (Å²) in [6.45, 7) is 2.39. The number of morpholine rings is 1. The Hall–Kier alpha value is -2.08. The number of aliphatic carboxylic acids is 1. The van der Waals surface area contributed by atoms with Gasteiger partial charge in [-0.15, -0.1) is 0 Å². The Morgan fingerprint density at radius 2 is 2.30 bits per heavy atom. The number of amides is 1. The van der Waals surface area contributed by atoms with Gasteiger partial charge in [-0.25, -0.2) is 4.79 Å². The summed E-state index contributed by atoms with van der Waals surface area (Å²) in [5.74, 6) is -0.811. The molecule has 20 heavy (non-hydrogen) atoms. The van der Waals surface area contributed by atoms with Crippen molar-refractivity contribution in [1.82, 2.24) is 4.90 Å². The summed E-state index contributed by atoms with van der Waals surface area (Å²) in [5, 5.41) is 9.06. The molecule has 0 aliphatic carbocycles. The van der Waals surface area contributed by atoms with Gasteiger partial charge in [-0.3, -0.25) is 4.79 Å². The average Bonchev–Trinajstić information content (AvgIpc) is 2.45. The summed E-state index contributed by atoms with van der Waals surface area (Å²) in [4.78, 5) is 24.4. The lowest BCUT2D eigenvalue weighted by molar-refractivity contribution is -0.159. The van der Waals surface area contributed by atoms with Gasteiger partial charge in [0.25, 0.3) is 5.91 Å². The van der Waals surface area contributed by atoms with Crippen LogP contribution >= 0.6 is 0 Å². The predicted octanol–water partition coefficient (Wildman–Crippen LogP) is 0.686. The molecule has 0 radical (unpaired) electrons. The van der Waals surface area contributed by atoms with E-state index < -0.39 is 12.0 Å². The number of nitrogens with zero attached hydrogens (tertiary/aromatic N) is 1. The minimum Gasteiger partial charge on any atom is -0.484 e. The molecule has 0 aromatic heterocycles. The van der Waals surface area contributed by atoms with Gasteiger partial charge >= 0.3 is 5.97 Å². The molecule has 6 nitrogen and oxygen atoms in total. The first-order chi connectivity index (χ1) is 9.58. The van der Waals surface area contributed by atoms with E-state index in [0.717, 1.165) is 5.56 Å². The van der Waals surface area contributed by atoms with Crippen molar-refractivity contribution in [3.8, 4) is 5.75 Å². The zero-order chi connectivity index (χ0) is 14.5. The number of rotatable bonds is 4.